The number of rotatable bonds is 8. The van der Waals surface area contributed by atoms with Crippen LogP contribution in [0.3, 0.4) is 0 Å². The van der Waals surface area contributed by atoms with E-state index in [9.17, 15) is 8.42 Å². The Morgan fingerprint density at radius 2 is 2.05 bits per heavy atom. The first-order valence-electron chi connectivity index (χ1n) is 6.34. The molecular formula is C14H22N2O2S. The average molecular weight is 282 g/mol. The van der Waals surface area contributed by atoms with Crippen LogP contribution in [-0.4, -0.2) is 32.9 Å². The van der Waals surface area contributed by atoms with Crippen LogP contribution < -0.4 is 5.32 Å². The predicted octanol–water partition coefficient (Wildman–Crippen LogP) is 1.74. The van der Waals surface area contributed by atoms with E-state index in [1.807, 2.05) is 38.2 Å². The number of sulfonamides is 1. The van der Waals surface area contributed by atoms with Gasteiger partial charge in [-0.3, -0.25) is 0 Å². The lowest BCUT2D eigenvalue weighted by molar-refractivity contribution is 0.459. The molecule has 5 heteroatoms. The fourth-order valence-corrected chi connectivity index (χ4v) is 3.43. The Morgan fingerprint density at radius 1 is 1.37 bits per heavy atom. The van der Waals surface area contributed by atoms with Gasteiger partial charge < -0.3 is 5.32 Å². The Hall–Kier alpha value is -1.17. The maximum Gasteiger partial charge on any atom is 0.218 e. The molecule has 1 aromatic carbocycles. The fraction of sp³-hybridized carbons (Fsp3) is 0.429. The van der Waals surface area contributed by atoms with Crippen molar-refractivity contribution in [1.29, 1.82) is 0 Å². The van der Waals surface area contributed by atoms with Crippen molar-refractivity contribution in [2.24, 2.45) is 0 Å². The van der Waals surface area contributed by atoms with Gasteiger partial charge in [0.15, 0.2) is 0 Å². The number of nitrogens with one attached hydrogen (secondary N) is 1. The summed E-state index contributed by atoms with van der Waals surface area (Å²) in [6.07, 6.45) is 1.61. The van der Waals surface area contributed by atoms with Crippen LogP contribution in [-0.2, 0) is 22.3 Å². The molecule has 0 spiro atoms. The molecule has 0 heterocycles. The number of benzene rings is 1. The van der Waals surface area contributed by atoms with Gasteiger partial charge in [0.2, 0.25) is 10.0 Å². The van der Waals surface area contributed by atoms with Gasteiger partial charge in [0.25, 0.3) is 0 Å². The summed E-state index contributed by atoms with van der Waals surface area (Å²) in [5.41, 5.74) is 1.90. The van der Waals surface area contributed by atoms with E-state index in [0.29, 0.717) is 13.1 Å². The molecule has 1 rings (SSSR count). The van der Waals surface area contributed by atoms with Gasteiger partial charge in [0, 0.05) is 19.6 Å². The second-order valence-electron chi connectivity index (χ2n) is 4.35. The first-order valence-corrected chi connectivity index (χ1v) is 7.95. The SMILES string of the molecule is C=CCN(CC)S(=O)(=O)Cc1cccc(CNC)c1. The Bertz CT molecular complexity index is 512. The zero-order valence-electron chi connectivity index (χ0n) is 11.6. The summed E-state index contributed by atoms with van der Waals surface area (Å²) in [7, 11) is -1.41. The van der Waals surface area contributed by atoms with Gasteiger partial charge in [-0.15, -0.1) is 6.58 Å². The van der Waals surface area contributed by atoms with Crippen LogP contribution in [0.1, 0.15) is 18.1 Å². The van der Waals surface area contributed by atoms with Gasteiger partial charge in [-0.25, -0.2) is 8.42 Å². The Balaban J connectivity index is 2.87. The lowest BCUT2D eigenvalue weighted by atomic mass is 10.1. The molecule has 0 atom stereocenters. The first kappa shape index (κ1) is 15.9. The summed E-state index contributed by atoms with van der Waals surface area (Å²) < 4.78 is 25.9. The molecular weight excluding hydrogens is 260 g/mol. The van der Waals surface area contributed by atoms with Crippen molar-refractivity contribution < 1.29 is 8.42 Å². The quantitative estimate of drug-likeness (QED) is 0.739. The minimum absolute atomic E-state index is 0.0340. The summed E-state index contributed by atoms with van der Waals surface area (Å²) in [5, 5.41) is 3.06. The minimum atomic E-state index is -3.28. The van der Waals surface area contributed by atoms with Crippen LogP contribution in [0.25, 0.3) is 0 Å². The van der Waals surface area contributed by atoms with Crippen molar-refractivity contribution in [3.63, 3.8) is 0 Å². The standard InChI is InChI=1S/C14H22N2O2S/c1-4-9-16(5-2)19(17,18)12-14-8-6-7-13(10-14)11-15-3/h4,6-8,10,15H,1,5,9,11-12H2,2-3H3. The summed E-state index contributed by atoms with van der Waals surface area (Å²) in [6, 6.07) is 7.64. The molecule has 1 aromatic rings. The summed E-state index contributed by atoms with van der Waals surface area (Å²) >= 11 is 0. The number of nitrogens with zero attached hydrogens (tertiary/aromatic N) is 1. The zero-order chi connectivity index (χ0) is 14.3. The third-order valence-electron chi connectivity index (χ3n) is 2.80. The maximum atomic E-state index is 12.3. The highest BCUT2D eigenvalue weighted by atomic mass is 32.2. The lowest BCUT2D eigenvalue weighted by Gasteiger charge is -2.18. The molecule has 0 fully saturated rings. The predicted molar refractivity (Wildman–Crippen MR) is 79.3 cm³/mol. The smallest absolute Gasteiger partial charge is 0.218 e. The highest BCUT2D eigenvalue weighted by Gasteiger charge is 2.19. The van der Waals surface area contributed by atoms with E-state index in [4.69, 9.17) is 0 Å². The van der Waals surface area contributed by atoms with Crippen LogP contribution in [0.5, 0.6) is 0 Å². The average Bonchev–Trinajstić information content (AvgIpc) is 2.36. The Labute approximate surface area is 116 Å². The van der Waals surface area contributed by atoms with Gasteiger partial charge in [0.1, 0.15) is 0 Å². The summed E-state index contributed by atoms with van der Waals surface area (Å²) in [6.45, 7) is 6.98. The summed E-state index contributed by atoms with van der Waals surface area (Å²) in [5.74, 6) is 0.0340. The lowest BCUT2D eigenvalue weighted by Crippen LogP contribution is -2.32. The zero-order valence-corrected chi connectivity index (χ0v) is 12.4. The van der Waals surface area contributed by atoms with E-state index >= 15 is 0 Å². The largest absolute Gasteiger partial charge is 0.316 e. The van der Waals surface area contributed by atoms with Gasteiger partial charge in [-0.2, -0.15) is 4.31 Å². The molecule has 0 saturated carbocycles. The van der Waals surface area contributed by atoms with E-state index in [1.165, 1.54) is 4.31 Å². The molecule has 106 valence electrons. The maximum absolute atomic E-state index is 12.3. The van der Waals surface area contributed by atoms with E-state index in [0.717, 1.165) is 17.7 Å². The molecule has 0 saturated heterocycles. The molecule has 0 aliphatic carbocycles. The first-order chi connectivity index (χ1) is 9.03. The molecule has 19 heavy (non-hydrogen) atoms. The monoisotopic (exact) mass is 282 g/mol. The number of hydrogen-bond donors (Lipinski definition) is 1. The molecule has 4 nitrogen and oxygen atoms in total. The third kappa shape index (κ3) is 4.78. The van der Waals surface area contributed by atoms with E-state index in [2.05, 4.69) is 11.9 Å². The molecule has 0 unspecified atom stereocenters. The molecule has 0 bridgehead atoms. The van der Waals surface area contributed by atoms with Gasteiger partial charge >= 0.3 is 0 Å². The van der Waals surface area contributed by atoms with Crippen molar-refractivity contribution >= 4 is 10.0 Å². The van der Waals surface area contributed by atoms with Crippen molar-refractivity contribution in [2.45, 2.75) is 19.2 Å². The Kier molecular flexibility index (Phi) is 6.21. The molecule has 1 N–H and O–H groups in total. The van der Waals surface area contributed by atoms with Crippen molar-refractivity contribution in [3.8, 4) is 0 Å². The van der Waals surface area contributed by atoms with Crippen molar-refractivity contribution in [3.05, 3.63) is 48.0 Å². The normalized spacial score (nSPS) is 11.7. The topological polar surface area (TPSA) is 49.4 Å². The highest BCUT2D eigenvalue weighted by molar-refractivity contribution is 7.88. The van der Waals surface area contributed by atoms with Crippen LogP contribution in [0, 0.1) is 0 Å². The third-order valence-corrected chi connectivity index (χ3v) is 4.69. The van der Waals surface area contributed by atoms with Gasteiger partial charge in [-0.05, 0) is 18.2 Å². The molecule has 0 aliphatic heterocycles. The summed E-state index contributed by atoms with van der Waals surface area (Å²) in [4.78, 5) is 0. The minimum Gasteiger partial charge on any atom is -0.316 e. The molecule has 0 amide bonds. The van der Waals surface area contributed by atoms with Crippen molar-refractivity contribution in [1.82, 2.24) is 9.62 Å². The van der Waals surface area contributed by atoms with E-state index in [-0.39, 0.29) is 5.75 Å². The second kappa shape index (κ2) is 7.43. The van der Waals surface area contributed by atoms with Crippen molar-refractivity contribution in [2.75, 3.05) is 20.1 Å². The fourth-order valence-electron chi connectivity index (χ4n) is 1.92. The molecule has 0 aromatic heterocycles. The van der Waals surface area contributed by atoms with E-state index in [1.54, 1.807) is 6.08 Å². The van der Waals surface area contributed by atoms with Crippen LogP contribution in [0.4, 0.5) is 0 Å². The number of likely N-dealkylation sites (N-methyl/N-ethyl adjacent to an activating group) is 1. The highest BCUT2D eigenvalue weighted by Crippen LogP contribution is 2.12. The second-order valence-corrected chi connectivity index (χ2v) is 6.31. The van der Waals surface area contributed by atoms with Crippen LogP contribution >= 0.6 is 0 Å². The van der Waals surface area contributed by atoms with Crippen LogP contribution in [0.15, 0.2) is 36.9 Å². The number of hydrogen-bond acceptors (Lipinski definition) is 3. The Morgan fingerprint density at radius 3 is 2.63 bits per heavy atom. The molecule has 0 radical (unpaired) electrons. The van der Waals surface area contributed by atoms with Gasteiger partial charge in [0.05, 0.1) is 5.75 Å². The molecule has 0 aliphatic rings. The van der Waals surface area contributed by atoms with E-state index < -0.39 is 10.0 Å². The van der Waals surface area contributed by atoms with Crippen LogP contribution in [0.2, 0.25) is 0 Å². The van der Waals surface area contributed by atoms with Gasteiger partial charge in [-0.1, -0.05) is 37.3 Å².